The van der Waals surface area contributed by atoms with Gasteiger partial charge in [-0.3, -0.25) is 28.8 Å². The van der Waals surface area contributed by atoms with Crippen LogP contribution in [-0.2, 0) is 74.1 Å². The van der Waals surface area contributed by atoms with Gasteiger partial charge in [-0.2, -0.15) is 0 Å². The monoisotopic (exact) mass is 714 g/mol. The molecule has 0 aliphatic carbocycles. The Morgan fingerprint density at radius 1 is 0.327 bits per heavy atom. The predicted molar refractivity (Wildman–Crippen MR) is 188 cm³/mol. The lowest BCUT2D eigenvalue weighted by Gasteiger charge is -2.06. The van der Waals surface area contributed by atoms with Crippen LogP contribution in [0.15, 0.2) is 121 Å². The maximum atomic E-state index is 11.6. The standard InChI is InChI=1S/2C18H18O4.C4H6O4/c2*19-17(21-13-15-7-3-1-4-8-15)11-12-18(20)22-14-16-9-5-2-6-10-16;5-3(6)1-2-4(7)8/h2*1-10H,11-14H2;1-2H2,(H,5,6)(H,7,8). The minimum atomic E-state index is -1.08. The molecule has 0 aromatic heterocycles. The molecule has 0 radical (unpaired) electrons. The Morgan fingerprint density at radius 3 is 0.692 bits per heavy atom. The Labute approximate surface area is 301 Å². The van der Waals surface area contributed by atoms with Crippen LogP contribution in [0.25, 0.3) is 0 Å². The number of hydrogen-bond acceptors (Lipinski definition) is 10. The lowest BCUT2D eigenvalue weighted by molar-refractivity contribution is -0.151. The fraction of sp³-hybridized carbons (Fsp3) is 0.250. The second kappa shape index (κ2) is 25.6. The second-order valence-electron chi connectivity index (χ2n) is 10.9. The number of esters is 4. The largest absolute Gasteiger partial charge is 0.481 e. The fourth-order valence-electron chi connectivity index (χ4n) is 3.86. The van der Waals surface area contributed by atoms with Crippen molar-refractivity contribution in [2.45, 2.75) is 65.0 Å². The number of carboxylic acids is 2. The lowest BCUT2D eigenvalue weighted by Crippen LogP contribution is -2.10. The van der Waals surface area contributed by atoms with Crippen molar-refractivity contribution in [3.05, 3.63) is 144 Å². The van der Waals surface area contributed by atoms with E-state index in [1.165, 1.54) is 0 Å². The van der Waals surface area contributed by atoms with Crippen molar-refractivity contribution in [3.8, 4) is 0 Å². The Hall–Kier alpha value is -6.30. The van der Waals surface area contributed by atoms with Crippen molar-refractivity contribution >= 4 is 35.8 Å². The minimum Gasteiger partial charge on any atom is -0.481 e. The highest BCUT2D eigenvalue weighted by molar-refractivity contribution is 5.78. The van der Waals surface area contributed by atoms with E-state index in [1.807, 2.05) is 121 Å². The van der Waals surface area contributed by atoms with Crippen LogP contribution in [0.5, 0.6) is 0 Å². The molecule has 0 amide bonds. The quantitative estimate of drug-likeness (QED) is 0.0904. The first-order valence-corrected chi connectivity index (χ1v) is 16.3. The highest BCUT2D eigenvalue weighted by Crippen LogP contribution is 2.07. The van der Waals surface area contributed by atoms with Gasteiger partial charge in [0.25, 0.3) is 0 Å². The van der Waals surface area contributed by atoms with Gasteiger partial charge in [-0.25, -0.2) is 0 Å². The predicted octanol–water partition coefficient (Wildman–Crippen LogP) is 6.44. The van der Waals surface area contributed by atoms with Crippen molar-refractivity contribution in [1.29, 1.82) is 0 Å². The van der Waals surface area contributed by atoms with Crippen molar-refractivity contribution in [3.63, 3.8) is 0 Å². The number of aliphatic carboxylic acids is 2. The number of ether oxygens (including phenoxy) is 4. The maximum Gasteiger partial charge on any atom is 0.306 e. The van der Waals surface area contributed by atoms with Crippen molar-refractivity contribution in [1.82, 2.24) is 0 Å². The van der Waals surface area contributed by atoms with E-state index >= 15 is 0 Å². The number of carbonyl (C=O) groups excluding carboxylic acids is 4. The van der Waals surface area contributed by atoms with Crippen LogP contribution in [0, 0.1) is 0 Å². The molecule has 0 spiro atoms. The summed E-state index contributed by atoms with van der Waals surface area (Å²) < 4.78 is 20.4. The number of carboxylic acid groups (broad SMARTS) is 2. The summed E-state index contributed by atoms with van der Waals surface area (Å²) in [5, 5.41) is 15.8. The van der Waals surface area contributed by atoms with Gasteiger partial charge in [0.2, 0.25) is 0 Å². The van der Waals surface area contributed by atoms with E-state index in [-0.39, 0.29) is 65.0 Å². The lowest BCUT2D eigenvalue weighted by atomic mass is 10.2. The highest BCUT2D eigenvalue weighted by Gasteiger charge is 2.11. The number of carbonyl (C=O) groups is 6. The molecule has 0 saturated heterocycles. The molecule has 0 saturated carbocycles. The smallest absolute Gasteiger partial charge is 0.306 e. The molecule has 0 unspecified atom stereocenters. The van der Waals surface area contributed by atoms with Crippen LogP contribution in [0.2, 0.25) is 0 Å². The van der Waals surface area contributed by atoms with Gasteiger partial charge in [0.15, 0.2) is 0 Å². The first-order valence-electron chi connectivity index (χ1n) is 16.3. The van der Waals surface area contributed by atoms with Crippen molar-refractivity contribution in [2.75, 3.05) is 0 Å². The fourth-order valence-corrected chi connectivity index (χ4v) is 3.86. The molecule has 12 nitrogen and oxygen atoms in total. The third-order valence-corrected chi connectivity index (χ3v) is 6.59. The van der Waals surface area contributed by atoms with Crippen LogP contribution in [0.4, 0.5) is 0 Å². The second-order valence-corrected chi connectivity index (χ2v) is 10.9. The molecule has 4 aromatic rings. The van der Waals surface area contributed by atoms with Gasteiger partial charge in [0.1, 0.15) is 26.4 Å². The maximum absolute atomic E-state index is 11.6. The van der Waals surface area contributed by atoms with E-state index in [0.717, 1.165) is 22.3 Å². The molecular formula is C40H42O12. The molecule has 2 N–H and O–H groups in total. The zero-order valence-corrected chi connectivity index (χ0v) is 28.6. The first kappa shape index (κ1) is 41.9. The summed E-state index contributed by atoms with van der Waals surface area (Å²) in [4.78, 5) is 65.5. The average Bonchev–Trinajstić information content (AvgIpc) is 3.17. The molecule has 12 heteroatoms. The number of rotatable bonds is 17. The zero-order chi connectivity index (χ0) is 37.8. The summed E-state index contributed by atoms with van der Waals surface area (Å²) in [5.74, 6) is -3.76. The SMILES string of the molecule is O=C(CCC(=O)OCc1ccccc1)OCc1ccccc1.O=C(CCC(=O)OCc1ccccc1)OCc1ccccc1.O=C(O)CCC(=O)O. The van der Waals surface area contributed by atoms with Crippen LogP contribution in [-0.4, -0.2) is 46.0 Å². The summed E-state index contributed by atoms with van der Waals surface area (Å²) in [6, 6.07) is 37.6. The third kappa shape index (κ3) is 21.6. The molecule has 0 heterocycles. The summed E-state index contributed by atoms with van der Waals surface area (Å²) in [7, 11) is 0. The Balaban J connectivity index is 0.000000299. The molecule has 4 rings (SSSR count). The van der Waals surface area contributed by atoms with Gasteiger partial charge in [0.05, 0.1) is 38.5 Å². The molecule has 4 aromatic carbocycles. The topological polar surface area (TPSA) is 180 Å². The molecule has 0 aliphatic heterocycles. The highest BCUT2D eigenvalue weighted by atomic mass is 16.5. The zero-order valence-electron chi connectivity index (χ0n) is 28.6. The molecule has 0 atom stereocenters. The molecule has 0 aliphatic rings. The van der Waals surface area contributed by atoms with Gasteiger partial charge in [-0.1, -0.05) is 121 Å². The minimum absolute atomic E-state index is 0.0282. The van der Waals surface area contributed by atoms with Crippen molar-refractivity contribution < 1.29 is 57.9 Å². The van der Waals surface area contributed by atoms with Crippen molar-refractivity contribution in [2.24, 2.45) is 0 Å². The summed E-state index contributed by atoms with van der Waals surface area (Å²) in [6.07, 6.45) is -0.480. The number of hydrogen-bond donors (Lipinski definition) is 2. The van der Waals surface area contributed by atoms with Gasteiger partial charge < -0.3 is 29.2 Å². The average molecular weight is 715 g/mol. The Bertz CT molecular complexity index is 1410. The van der Waals surface area contributed by atoms with Gasteiger partial charge in [0, 0.05) is 0 Å². The first-order chi connectivity index (χ1) is 25.1. The molecule has 52 heavy (non-hydrogen) atoms. The van der Waals surface area contributed by atoms with E-state index in [4.69, 9.17) is 29.2 Å². The molecular weight excluding hydrogens is 672 g/mol. The molecule has 0 fully saturated rings. The van der Waals surface area contributed by atoms with Crippen LogP contribution in [0.1, 0.15) is 60.8 Å². The van der Waals surface area contributed by atoms with E-state index in [2.05, 4.69) is 0 Å². The van der Waals surface area contributed by atoms with E-state index < -0.39 is 35.8 Å². The Morgan fingerprint density at radius 2 is 0.519 bits per heavy atom. The molecule has 0 bridgehead atoms. The van der Waals surface area contributed by atoms with Gasteiger partial charge in [-0.15, -0.1) is 0 Å². The van der Waals surface area contributed by atoms with E-state index in [1.54, 1.807) is 0 Å². The summed E-state index contributed by atoms with van der Waals surface area (Å²) >= 11 is 0. The van der Waals surface area contributed by atoms with E-state index in [9.17, 15) is 28.8 Å². The normalized spacial score (nSPS) is 9.77. The van der Waals surface area contributed by atoms with Crippen LogP contribution < -0.4 is 0 Å². The number of benzene rings is 4. The molecule has 274 valence electrons. The van der Waals surface area contributed by atoms with Gasteiger partial charge in [-0.05, 0) is 22.3 Å². The van der Waals surface area contributed by atoms with Crippen LogP contribution >= 0.6 is 0 Å². The Kier molecular flexibility index (Phi) is 20.6. The van der Waals surface area contributed by atoms with Crippen LogP contribution in [0.3, 0.4) is 0 Å². The van der Waals surface area contributed by atoms with E-state index in [0.29, 0.717) is 0 Å². The summed E-state index contributed by atoms with van der Waals surface area (Å²) in [5.41, 5.74) is 3.68. The van der Waals surface area contributed by atoms with Gasteiger partial charge >= 0.3 is 35.8 Å². The summed E-state index contributed by atoms with van der Waals surface area (Å²) in [6.45, 7) is 0.884. The third-order valence-electron chi connectivity index (χ3n) is 6.59.